The highest BCUT2D eigenvalue weighted by atomic mass is 28.3. The Morgan fingerprint density at radius 1 is 1.00 bits per heavy atom. The van der Waals surface area contributed by atoms with Gasteiger partial charge in [-0.15, -0.1) is 0 Å². The average molecular weight is 345 g/mol. The summed E-state index contributed by atoms with van der Waals surface area (Å²) in [6, 6.07) is 6.29. The molecule has 134 valence electrons. The molecule has 0 spiro atoms. The first kappa shape index (κ1) is 18.1. The summed E-state index contributed by atoms with van der Waals surface area (Å²) in [5, 5.41) is 1.59. The minimum Gasteiger partial charge on any atom is -0.301 e. The number of rotatable bonds is 2. The molecule has 0 atom stereocenters. The summed E-state index contributed by atoms with van der Waals surface area (Å²) in [6.07, 6.45) is 5.12. The van der Waals surface area contributed by atoms with Crippen molar-refractivity contribution in [3.05, 3.63) is 23.5 Å². The van der Waals surface area contributed by atoms with Gasteiger partial charge in [0.05, 0.1) is 8.07 Å². The summed E-state index contributed by atoms with van der Waals surface area (Å²) in [7, 11) is -1.37. The van der Waals surface area contributed by atoms with Gasteiger partial charge in [-0.3, -0.25) is 4.98 Å². The van der Waals surface area contributed by atoms with Crippen molar-refractivity contribution in [1.82, 2.24) is 9.88 Å². The Hall–Kier alpha value is -0.673. The molecule has 0 bridgehead atoms. The third-order valence-electron chi connectivity index (χ3n) is 6.07. The highest BCUT2D eigenvalue weighted by Gasteiger charge is 2.39. The van der Waals surface area contributed by atoms with Gasteiger partial charge in [-0.1, -0.05) is 54.2 Å². The van der Waals surface area contributed by atoms with Gasteiger partial charge in [0.25, 0.3) is 0 Å². The van der Waals surface area contributed by atoms with Gasteiger partial charge in [0.2, 0.25) is 0 Å². The maximum absolute atomic E-state index is 5.02. The third-order valence-corrected chi connectivity index (χ3v) is 10.4. The lowest BCUT2D eigenvalue weighted by Crippen LogP contribution is -2.54. The molecule has 1 aliphatic heterocycles. The van der Waals surface area contributed by atoms with E-state index in [9.17, 15) is 0 Å². The first-order chi connectivity index (χ1) is 11.0. The maximum Gasteiger partial charge on any atom is 0.0882 e. The topological polar surface area (TPSA) is 16.1 Å². The number of hydrogen-bond acceptors (Lipinski definition) is 2. The molecule has 24 heavy (non-hydrogen) atoms. The molecule has 1 aliphatic carbocycles. The van der Waals surface area contributed by atoms with Crippen molar-refractivity contribution < 1.29 is 0 Å². The zero-order chi connectivity index (χ0) is 17.8. The monoisotopic (exact) mass is 344 g/mol. The van der Waals surface area contributed by atoms with Gasteiger partial charge in [-0.2, -0.15) is 0 Å². The van der Waals surface area contributed by atoms with Crippen molar-refractivity contribution in [3.63, 3.8) is 0 Å². The van der Waals surface area contributed by atoms with Crippen LogP contribution >= 0.6 is 0 Å². The van der Waals surface area contributed by atoms with E-state index < -0.39 is 8.07 Å². The lowest BCUT2D eigenvalue weighted by Gasteiger charge is -2.39. The van der Waals surface area contributed by atoms with E-state index in [4.69, 9.17) is 4.98 Å². The van der Waals surface area contributed by atoms with Gasteiger partial charge < -0.3 is 4.90 Å². The van der Waals surface area contributed by atoms with Crippen LogP contribution in [0.5, 0.6) is 0 Å². The van der Waals surface area contributed by atoms with E-state index in [-0.39, 0.29) is 10.8 Å². The highest BCUT2D eigenvalue weighted by Crippen LogP contribution is 2.35. The zero-order valence-corrected chi connectivity index (χ0v) is 17.9. The highest BCUT2D eigenvalue weighted by molar-refractivity contribution is 6.91. The zero-order valence-electron chi connectivity index (χ0n) is 16.9. The molecule has 2 nitrogen and oxygen atoms in total. The van der Waals surface area contributed by atoms with E-state index in [2.05, 4.69) is 65.3 Å². The van der Waals surface area contributed by atoms with Gasteiger partial charge in [-0.25, -0.2) is 0 Å². The fourth-order valence-corrected chi connectivity index (χ4v) is 7.33. The quantitative estimate of drug-likeness (QED) is 0.737. The van der Waals surface area contributed by atoms with Crippen LogP contribution in [0.4, 0.5) is 0 Å². The van der Waals surface area contributed by atoms with Gasteiger partial charge >= 0.3 is 0 Å². The standard InChI is InChI=1S/C21H36N2Si/c1-20(2,3)18-14-17(15-22-19(18)21(4,5)6)24(7)12-10-23(11-13-24)16-8-9-16/h14-16H,8-13H2,1-7H3. The van der Waals surface area contributed by atoms with Crippen LogP contribution in [0.3, 0.4) is 0 Å². The lowest BCUT2D eigenvalue weighted by molar-refractivity contribution is 0.280. The van der Waals surface area contributed by atoms with Crippen molar-refractivity contribution in [2.75, 3.05) is 13.1 Å². The average Bonchev–Trinajstić information content (AvgIpc) is 3.30. The smallest absolute Gasteiger partial charge is 0.0882 e. The van der Waals surface area contributed by atoms with Gasteiger partial charge in [0.1, 0.15) is 0 Å². The van der Waals surface area contributed by atoms with E-state index in [0.717, 1.165) is 6.04 Å². The SMILES string of the molecule is CC(C)(C)c1cc([Si]2(C)CCN(C3CC3)CC2)cnc1C(C)(C)C. The number of hydrogen-bond donors (Lipinski definition) is 0. The van der Waals surface area contributed by atoms with Crippen molar-refractivity contribution in [3.8, 4) is 0 Å². The van der Waals surface area contributed by atoms with E-state index in [1.165, 1.54) is 49.3 Å². The fourth-order valence-electron chi connectivity index (χ4n) is 4.08. The summed E-state index contributed by atoms with van der Waals surface area (Å²) in [6.45, 7) is 19.1. The molecule has 3 rings (SSSR count). The minimum absolute atomic E-state index is 0.110. The van der Waals surface area contributed by atoms with Gasteiger partial charge in [-0.05, 0) is 54.2 Å². The molecule has 0 unspecified atom stereocenters. The molecule has 2 fully saturated rings. The number of nitrogens with zero attached hydrogens (tertiary/aromatic N) is 2. The second-order valence-corrected chi connectivity index (χ2v) is 15.1. The van der Waals surface area contributed by atoms with E-state index in [1.54, 1.807) is 5.19 Å². The first-order valence-corrected chi connectivity index (χ1v) is 12.7. The normalized spacial score (nSPS) is 22.6. The molecule has 2 heterocycles. The van der Waals surface area contributed by atoms with Crippen LogP contribution in [0.15, 0.2) is 12.3 Å². The van der Waals surface area contributed by atoms with E-state index in [0.29, 0.717) is 0 Å². The summed E-state index contributed by atoms with van der Waals surface area (Å²) in [5.74, 6) is 0. The fraction of sp³-hybridized carbons (Fsp3) is 0.762. The van der Waals surface area contributed by atoms with Crippen molar-refractivity contribution in [2.24, 2.45) is 0 Å². The molecule has 1 aromatic rings. The summed E-state index contributed by atoms with van der Waals surface area (Å²) >= 11 is 0. The predicted octanol–water partition coefficient (Wildman–Crippen LogP) is 4.44. The van der Waals surface area contributed by atoms with Crippen LogP contribution in [0.25, 0.3) is 0 Å². The minimum atomic E-state index is -1.37. The Bertz CT molecular complexity index is 597. The Labute approximate surface area is 150 Å². The van der Waals surface area contributed by atoms with Crippen molar-refractivity contribution >= 4 is 13.3 Å². The van der Waals surface area contributed by atoms with E-state index >= 15 is 0 Å². The number of aromatic nitrogens is 1. The molecule has 0 N–H and O–H groups in total. The maximum atomic E-state index is 5.02. The summed E-state index contributed by atoms with van der Waals surface area (Å²) < 4.78 is 0. The molecule has 1 aromatic heterocycles. The van der Waals surface area contributed by atoms with Crippen LogP contribution in [0.2, 0.25) is 18.6 Å². The Balaban J connectivity index is 1.91. The van der Waals surface area contributed by atoms with Crippen LogP contribution in [-0.2, 0) is 10.8 Å². The molecule has 0 aromatic carbocycles. The summed E-state index contributed by atoms with van der Waals surface area (Å²) in [5.41, 5.74) is 3.02. The van der Waals surface area contributed by atoms with E-state index in [1.807, 2.05) is 0 Å². The molecular weight excluding hydrogens is 308 g/mol. The molecule has 3 heteroatoms. The Morgan fingerprint density at radius 2 is 1.58 bits per heavy atom. The van der Waals surface area contributed by atoms with Gasteiger partial charge in [0, 0.05) is 23.3 Å². The van der Waals surface area contributed by atoms with Crippen molar-refractivity contribution in [1.29, 1.82) is 0 Å². The molecule has 0 radical (unpaired) electrons. The second kappa shape index (κ2) is 5.95. The summed E-state index contributed by atoms with van der Waals surface area (Å²) in [4.78, 5) is 7.77. The second-order valence-electron chi connectivity index (χ2n) is 10.4. The predicted molar refractivity (Wildman–Crippen MR) is 107 cm³/mol. The van der Waals surface area contributed by atoms with Crippen molar-refractivity contribution in [2.45, 2.75) is 89.9 Å². The lowest BCUT2D eigenvalue weighted by atomic mass is 9.78. The largest absolute Gasteiger partial charge is 0.301 e. The van der Waals surface area contributed by atoms with Crippen LogP contribution < -0.4 is 5.19 Å². The van der Waals surface area contributed by atoms with Crippen LogP contribution in [0, 0.1) is 0 Å². The van der Waals surface area contributed by atoms with Crippen LogP contribution in [-0.4, -0.2) is 37.1 Å². The molecule has 1 saturated heterocycles. The Morgan fingerprint density at radius 3 is 2.04 bits per heavy atom. The molecule has 2 aliphatic rings. The third kappa shape index (κ3) is 3.62. The number of pyridine rings is 1. The molecule has 1 saturated carbocycles. The Kier molecular flexibility index (Phi) is 4.49. The first-order valence-electron chi connectivity index (χ1n) is 9.76. The van der Waals surface area contributed by atoms with Gasteiger partial charge in [0.15, 0.2) is 0 Å². The van der Waals surface area contributed by atoms with Crippen LogP contribution in [0.1, 0.15) is 65.6 Å². The molecular formula is C21H36N2Si. The molecule has 0 amide bonds.